The fraction of sp³-hybridized carbons (Fsp3) is 0.375. The molecule has 2 aromatic rings. The Kier molecular flexibility index (Phi) is 8.46. The average Bonchev–Trinajstić information content (AvgIpc) is 3.12. The zero-order valence-corrected chi connectivity index (χ0v) is 21.5. The van der Waals surface area contributed by atoms with Gasteiger partial charge in [0.25, 0.3) is 0 Å². The first kappa shape index (κ1) is 29.5. The Morgan fingerprint density at radius 1 is 1.03 bits per heavy atom. The van der Waals surface area contributed by atoms with Gasteiger partial charge in [0, 0.05) is 12.0 Å². The summed E-state index contributed by atoms with van der Waals surface area (Å²) in [6, 6.07) is 8.16. The minimum atomic E-state index is -3.18. The number of nitrogens with zero attached hydrogens (tertiary/aromatic N) is 1. The number of anilines is 2. The van der Waals surface area contributed by atoms with Crippen molar-refractivity contribution in [2.24, 2.45) is 5.41 Å². The van der Waals surface area contributed by atoms with Crippen LogP contribution in [0.1, 0.15) is 49.5 Å². The summed E-state index contributed by atoms with van der Waals surface area (Å²) in [5.41, 5.74) is -1.61. The number of fused-ring (bicyclic) bond motifs is 1. The number of para-hydroxylation sites is 1. The van der Waals surface area contributed by atoms with Gasteiger partial charge < -0.3 is 0 Å². The number of hydrogen-bond donors (Lipinski definition) is 0. The summed E-state index contributed by atoms with van der Waals surface area (Å²) in [5, 5.41) is 0. The molecule has 0 unspecified atom stereocenters. The topological polar surface area (TPSA) is 88.6 Å². The SMILES string of the molecule is CC1(C)C(=O)N(c2ccccc2F)c2c(F)cc(C(=O)C[C@@]3(C)CCS(=O)(=O)C3)cc21.O=C(F)F.S. The lowest BCUT2D eigenvalue weighted by Crippen LogP contribution is -2.33. The molecule has 0 bridgehead atoms. The van der Waals surface area contributed by atoms with Crippen LogP contribution in [0, 0.1) is 17.0 Å². The maximum atomic E-state index is 15.3. The number of sulfone groups is 1. The van der Waals surface area contributed by atoms with Gasteiger partial charge in [0.2, 0.25) is 5.91 Å². The third kappa shape index (κ3) is 5.80. The van der Waals surface area contributed by atoms with E-state index in [-0.39, 0.29) is 54.1 Å². The molecule has 0 radical (unpaired) electrons. The number of halogens is 4. The number of hydrogen-bond acceptors (Lipinski definition) is 5. The molecule has 6 nitrogen and oxygen atoms in total. The molecule has 1 atom stereocenters. The third-order valence-electron chi connectivity index (χ3n) is 6.29. The van der Waals surface area contributed by atoms with E-state index in [4.69, 9.17) is 4.79 Å². The number of carbonyl (C=O) groups excluding carboxylic acids is 3. The van der Waals surface area contributed by atoms with Gasteiger partial charge in [0.15, 0.2) is 15.6 Å². The molecule has 1 fully saturated rings. The Morgan fingerprint density at radius 2 is 1.61 bits per heavy atom. The van der Waals surface area contributed by atoms with E-state index in [0.29, 0.717) is 12.0 Å². The van der Waals surface area contributed by atoms with Crippen molar-refractivity contribution in [3.05, 3.63) is 59.2 Å². The summed E-state index contributed by atoms with van der Waals surface area (Å²) in [6.45, 7) is 4.95. The summed E-state index contributed by atoms with van der Waals surface area (Å²) >= 11 is 0. The zero-order valence-electron chi connectivity index (χ0n) is 19.7. The lowest BCUT2D eigenvalue weighted by atomic mass is 9.81. The van der Waals surface area contributed by atoms with E-state index in [1.807, 2.05) is 0 Å². The fourth-order valence-corrected chi connectivity index (χ4v) is 6.79. The zero-order chi connectivity index (χ0) is 26.3. The first-order valence-electron chi connectivity index (χ1n) is 10.6. The highest BCUT2D eigenvalue weighted by Gasteiger charge is 2.48. The maximum absolute atomic E-state index is 15.3. The number of Topliss-reactive ketones (excluding diaryl/α,β-unsaturated/α-hetero) is 1. The van der Waals surface area contributed by atoms with Gasteiger partial charge in [-0.05, 0) is 55.5 Å². The summed E-state index contributed by atoms with van der Waals surface area (Å²) in [5.74, 6) is -2.38. The van der Waals surface area contributed by atoms with Gasteiger partial charge in [-0.2, -0.15) is 13.5 Å². The lowest BCUT2D eigenvalue weighted by molar-refractivity contribution is -0.121. The van der Waals surface area contributed by atoms with Crippen molar-refractivity contribution >= 4 is 52.7 Å². The molecule has 4 rings (SSSR count). The van der Waals surface area contributed by atoms with Crippen LogP contribution in [0.5, 0.6) is 0 Å². The minimum absolute atomic E-state index is 0. The number of amides is 1. The van der Waals surface area contributed by atoms with Crippen molar-refractivity contribution in [1.29, 1.82) is 0 Å². The van der Waals surface area contributed by atoms with Crippen LogP contribution in [-0.2, 0) is 20.0 Å². The summed E-state index contributed by atoms with van der Waals surface area (Å²) in [7, 11) is -3.18. The molecule has 1 saturated heterocycles. The van der Waals surface area contributed by atoms with Crippen molar-refractivity contribution in [3.8, 4) is 0 Å². The molecular weight excluding hydrogens is 522 g/mol. The molecule has 12 heteroatoms. The van der Waals surface area contributed by atoms with Crippen molar-refractivity contribution in [1.82, 2.24) is 0 Å². The van der Waals surface area contributed by atoms with Crippen molar-refractivity contribution in [3.63, 3.8) is 0 Å². The number of carbonyl (C=O) groups is 3. The van der Waals surface area contributed by atoms with Crippen LogP contribution in [0.4, 0.5) is 33.7 Å². The summed E-state index contributed by atoms with van der Waals surface area (Å²) < 4.78 is 72.8. The quantitative estimate of drug-likeness (QED) is 0.288. The monoisotopic (exact) mass is 547 g/mol. The number of benzene rings is 2. The van der Waals surface area contributed by atoms with Crippen molar-refractivity contribution < 1.29 is 40.4 Å². The maximum Gasteiger partial charge on any atom is 0.483 e. The Hall–Kier alpha value is -2.73. The van der Waals surface area contributed by atoms with Crippen molar-refractivity contribution in [2.75, 3.05) is 16.4 Å². The molecule has 0 saturated carbocycles. The van der Waals surface area contributed by atoms with Crippen LogP contribution in [0.25, 0.3) is 0 Å². The molecule has 0 N–H and O–H groups in total. The van der Waals surface area contributed by atoms with E-state index in [0.717, 1.165) is 11.0 Å². The highest BCUT2D eigenvalue weighted by Crippen LogP contribution is 2.48. The molecule has 2 heterocycles. The molecule has 36 heavy (non-hydrogen) atoms. The second-order valence-electron chi connectivity index (χ2n) is 9.55. The molecule has 2 aromatic carbocycles. The molecule has 1 amide bonds. The van der Waals surface area contributed by atoms with E-state index < -0.39 is 44.5 Å². The minimum Gasteiger partial charge on any atom is -0.294 e. The molecule has 0 aliphatic carbocycles. The van der Waals surface area contributed by atoms with E-state index in [1.165, 1.54) is 24.3 Å². The Labute approximate surface area is 213 Å². The van der Waals surface area contributed by atoms with Gasteiger partial charge in [0.1, 0.15) is 11.6 Å². The van der Waals surface area contributed by atoms with E-state index in [9.17, 15) is 31.2 Å². The van der Waals surface area contributed by atoms with Crippen LogP contribution >= 0.6 is 13.5 Å². The Morgan fingerprint density at radius 3 is 2.14 bits per heavy atom. The molecule has 0 aromatic heterocycles. The largest absolute Gasteiger partial charge is 0.483 e. The standard InChI is InChI=1S/C23H23F2NO4S.CF2O.H2S/c1-22(2)15-10-14(19(27)12-23(3)8-9-31(29,30)13-23)11-17(25)20(15)26(21(22)28)18-7-5-4-6-16(18)24;2-1(3)4;/h4-7,10-11H,8-9,12-13H2,1-3H3;;1H2/t23-;;/m1../s1. The number of ketones is 1. The third-order valence-corrected chi connectivity index (χ3v) is 8.25. The van der Waals surface area contributed by atoms with Gasteiger partial charge in [-0.25, -0.2) is 22.0 Å². The van der Waals surface area contributed by atoms with Gasteiger partial charge >= 0.3 is 6.29 Å². The second-order valence-corrected chi connectivity index (χ2v) is 11.7. The normalized spacial score (nSPS) is 21.2. The molecule has 2 aliphatic rings. The highest BCUT2D eigenvalue weighted by atomic mass is 32.2. The molecule has 0 spiro atoms. The van der Waals surface area contributed by atoms with E-state index in [1.54, 1.807) is 26.8 Å². The van der Waals surface area contributed by atoms with Crippen LogP contribution < -0.4 is 4.90 Å². The Bertz CT molecular complexity index is 1330. The van der Waals surface area contributed by atoms with Gasteiger partial charge in [-0.15, -0.1) is 8.78 Å². The fourth-order valence-electron chi connectivity index (χ4n) is 4.53. The van der Waals surface area contributed by atoms with Gasteiger partial charge in [0.05, 0.1) is 28.3 Å². The van der Waals surface area contributed by atoms with Crippen LogP contribution in [-0.4, -0.2) is 37.9 Å². The van der Waals surface area contributed by atoms with E-state index >= 15 is 4.39 Å². The predicted molar refractivity (Wildman–Crippen MR) is 131 cm³/mol. The average molecular weight is 548 g/mol. The van der Waals surface area contributed by atoms with Crippen LogP contribution in [0.2, 0.25) is 0 Å². The Balaban J connectivity index is 0.000000850. The van der Waals surface area contributed by atoms with Crippen LogP contribution in [0.15, 0.2) is 36.4 Å². The number of rotatable bonds is 4. The molecular formula is C24H25F4NO5S2. The molecule has 196 valence electrons. The smallest absolute Gasteiger partial charge is 0.294 e. The van der Waals surface area contributed by atoms with Gasteiger partial charge in [-0.1, -0.05) is 19.1 Å². The van der Waals surface area contributed by atoms with E-state index in [2.05, 4.69) is 0 Å². The van der Waals surface area contributed by atoms with Gasteiger partial charge in [-0.3, -0.25) is 14.5 Å². The highest BCUT2D eigenvalue weighted by molar-refractivity contribution is 7.91. The van der Waals surface area contributed by atoms with Crippen LogP contribution in [0.3, 0.4) is 0 Å². The van der Waals surface area contributed by atoms with Crippen molar-refractivity contribution in [2.45, 2.75) is 39.0 Å². The molecule has 2 aliphatic heterocycles. The summed E-state index contributed by atoms with van der Waals surface area (Å²) in [6.07, 6.45) is -2.49. The first-order valence-corrected chi connectivity index (χ1v) is 12.4. The summed E-state index contributed by atoms with van der Waals surface area (Å²) in [4.78, 5) is 35.2. The lowest BCUT2D eigenvalue weighted by Gasteiger charge is -2.21. The first-order chi connectivity index (χ1) is 16.1. The second kappa shape index (κ2) is 10.3. The predicted octanol–water partition coefficient (Wildman–Crippen LogP) is 5.48.